The van der Waals surface area contributed by atoms with E-state index in [0.29, 0.717) is 18.5 Å². The van der Waals surface area contributed by atoms with Crippen LogP contribution in [-0.4, -0.2) is 49.6 Å². The number of halogens is 1. The van der Waals surface area contributed by atoms with Crippen molar-refractivity contribution in [3.63, 3.8) is 0 Å². The lowest BCUT2D eigenvalue weighted by molar-refractivity contribution is -0.124. The van der Waals surface area contributed by atoms with Gasteiger partial charge in [0, 0.05) is 12.6 Å². The lowest BCUT2D eigenvalue weighted by Crippen LogP contribution is -2.49. The standard InChI is InChI=1S/C17H31N3O.ClH/c1-12-4-3-5-16(13(12)2)19-17(21)11-20-7-6-14-8-18-9-15(14)10-20;/h12-16,18H,3-11H2,1-2H3,(H,19,21);1H. The van der Waals surface area contributed by atoms with Crippen LogP contribution in [0, 0.1) is 23.7 Å². The predicted molar refractivity (Wildman–Crippen MR) is 92.3 cm³/mol. The van der Waals surface area contributed by atoms with E-state index in [1.54, 1.807) is 0 Å². The Kier molecular flexibility index (Phi) is 6.54. The number of amides is 1. The largest absolute Gasteiger partial charge is 0.352 e. The highest BCUT2D eigenvalue weighted by molar-refractivity contribution is 5.85. The summed E-state index contributed by atoms with van der Waals surface area (Å²) in [5, 5.41) is 6.80. The number of nitrogens with one attached hydrogen (secondary N) is 2. The van der Waals surface area contributed by atoms with Crippen molar-refractivity contribution >= 4 is 18.3 Å². The van der Waals surface area contributed by atoms with Crippen molar-refractivity contribution in [2.24, 2.45) is 23.7 Å². The molecule has 5 heteroatoms. The van der Waals surface area contributed by atoms with Crippen molar-refractivity contribution in [2.45, 2.75) is 45.6 Å². The molecule has 0 radical (unpaired) electrons. The molecule has 3 rings (SSSR count). The first-order chi connectivity index (χ1) is 10.1. The minimum absolute atomic E-state index is 0. The van der Waals surface area contributed by atoms with E-state index in [2.05, 4.69) is 29.4 Å². The normalized spacial score (nSPS) is 38.9. The quantitative estimate of drug-likeness (QED) is 0.831. The molecule has 3 fully saturated rings. The molecular weight excluding hydrogens is 298 g/mol. The summed E-state index contributed by atoms with van der Waals surface area (Å²) in [5.41, 5.74) is 0. The Morgan fingerprint density at radius 1 is 1.18 bits per heavy atom. The minimum Gasteiger partial charge on any atom is -0.352 e. The lowest BCUT2D eigenvalue weighted by Gasteiger charge is -2.36. The van der Waals surface area contributed by atoms with E-state index in [1.165, 1.54) is 25.8 Å². The molecule has 22 heavy (non-hydrogen) atoms. The van der Waals surface area contributed by atoms with Crippen LogP contribution in [0.4, 0.5) is 0 Å². The van der Waals surface area contributed by atoms with Gasteiger partial charge < -0.3 is 10.6 Å². The molecule has 2 aliphatic heterocycles. The van der Waals surface area contributed by atoms with Gasteiger partial charge in [-0.2, -0.15) is 0 Å². The van der Waals surface area contributed by atoms with Crippen LogP contribution in [0.15, 0.2) is 0 Å². The second-order valence-corrected chi connectivity index (χ2v) is 7.64. The molecule has 0 spiro atoms. The number of hydrogen-bond donors (Lipinski definition) is 2. The van der Waals surface area contributed by atoms with E-state index in [9.17, 15) is 4.79 Å². The number of nitrogens with zero attached hydrogens (tertiary/aromatic N) is 1. The second kappa shape index (κ2) is 7.98. The molecule has 5 atom stereocenters. The monoisotopic (exact) mass is 329 g/mol. The summed E-state index contributed by atoms with van der Waals surface area (Å²) in [6, 6.07) is 0.395. The summed E-state index contributed by atoms with van der Waals surface area (Å²) in [7, 11) is 0. The highest BCUT2D eigenvalue weighted by Crippen LogP contribution is 2.29. The second-order valence-electron chi connectivity index (χ2n) is 7.64. The van der Waals surface area contributed by atoms with Gasteiger partial charge in [0.05, 0.1) is 6.54 Å². The average Bonchev–Trinajstić information content (AvgIpc) is 2.91. The van der Waals surface area contributed by atoms with Crippen molar-refractivity contribution in [2.75, 3.05) is 32.7 Å². The van der Waals surface area contributed by atoms with Gasteiger partial charge in [-0.05, 0) is 56.1 Å². The van der Waals surface area contributed by atoms with Crippen LogP contribution >= 0.6 is 12.4 Å². The van der Waals surface area contributed by atoms with Crippen molar-refractivity contribution < 1.29 is 4.79 Å². The Labute approximate surface area is 141 Å². The van der Waals surface area contributed by atoms with Crippen molar-refractivity contribution in [3.05, 3.63) is 0 Å². The lowest BCUT2D eigenvalue weighted by atomic mass is 9.78. The zero-order valence-electron chi connectivity index (χ0n) is 14.0. The number of likely N-dealkylation sites (tertiary alicyclic amines) is 1. The highest BCUT2D eigenvalue weighted by Gasteiger charge is 2.34. The molecule has 5 unspecified atom stereocenters. The zero-order chi connectivity index (χ0) is 14.8. The van der Waals surface area contributed by atoms with E-state index in [-0.39, 0.29) is 18.3 Å². The third-order valence-electron chi connectivity index (χ3n) is 6.21. The molecule has 1 saturated carbocycles. The summed E-state index contributed by atoms with van der Waals surface area (Å²) in [6.07, 6.45) is 4.99. The zero-order valence-corrected chi connectivity index (χ0v) is 14.8. The topological polar surface area (TPSA) is 44.4 Å². The Balaban J connectivity index is 0.00000176. The number of rotatable bonds is 3. The summed E-state index contributed by atoms with van der Waals surface area (Å²) >= 11 is 0. The fourth-order valence-electron chi connectivity index (χ4n) is 4.50. The maximum Gasteiger partial charge on any atom is 0.234 e. The van der Waals surface area contributed by atoms with Gasteiger partial charge in [-0.3, -0.25) is 9.69 Å². The van der Waals surface area contributed by atoms with Crippen LogP contribution < -0.4 is 10.6 Å². The van der Waals surface area contributed by atoms with Crippen molar-refractivity contribution in [1.82, 2.24) is 15.5 Å². The van der Waals surface area contributed by atoms with Gasteiger partial charge in [-0.15, -0.1) is 12.4 Å². The third kappa shape index (κ3) is 4.15. The first-order valence-electron chi connectivity index (χ1n) is 8.86. The molecule has 2 heterocycles. The first-order valence-corrected chi connectivity index (χ1v) is 8.86. The van der Waals surface area contributed by atoms with Gasteiger partial charge >= 0.3 is 0 Å². The van der Waals surface area contributed by atoms with Crippen LogP contribution in [0.25, 0.3) is 0 Å². The molecule has 4 nitrogen and oxygen atoms in total. The molecule has 0 aromatic heterocycles. The molecule has 2 saturated heterocycles. The molecule has 2 N–H and O–H groups in total. The maximum absolute atomic E-state index is 12.4. The van der Waals surface area contributed by atoms with E-state index in [1.807, 2.05) is 0 Å². The Bertz CT molecular complexity index is 379. The maximum atomic E-state index is 12.4. The molecule has 1 aliphatic carbocycles. The number of carbonyl (C=O) groups excluding carboxylic acids is 1. The Morgan fingerprint density at radius 2 is 1.95 bits per heavy atom. The smallest absolute Gasteiger partial charge is 0.234 e. The van der Waals surface area contributed by atoms with Crippen LogP contribution in [0.3, 0.4) is 0 Å². The number of carbonyl (C=O) groups is 1. The predicted octanol–water partition coefficient (Wildman–Crippen LogP) is 1.89. The fraction of sp³-hybridized carbons (Fsp3) is 0.941. The van der Waals surface area contributed by atoms with Gasteiger partial charge in [0.1, 0.15) is 0 Å². The minimum atomic E-state index is 0. The summed E-state index contributed by atoms with van der Waals surface area (Å²) in [6.45, 7) is 9.73. The first kappa shape index (κ1) is 18.0. The van der Waals surface area contributed by atoms with Gasteiger partial charge in [0.15, 0.2) is 0 Å². The van der Waals surface area contributed by atoms with E-state index in [4.69, 9.17) is 0 Å². The van der Waals surface area contributed by atoms with Crippen LogP contribution in [0.2, 0.25) is 0 Å². The van der Waals surface area contributed by atoms with Crippen molar-refractivity contribution in [3.8, 4) is 0 Å². The Hall–Kier alpha value is -0.320. The van der Waals surface area contributed by atoms with E-state index in [0.717, 1.165) is 43.8 Å². The van der Waals surface area contributed by atoms with Crippen LogP contribution in [0.1, 0.15) is 39.5 Å². The fourth-order valence-corrected chi connectivity index (χ4v) is 4.50. The number of fused-ring (bicyclic) bond motifs is 1. The SMILES string of the molecule is CC1CCCC(NC(=O)CN2CCC3CNCC3C2)C1C.Cl. The average molecular weight is 330 g/mol. The van der Waals surface area contributed by atoms with Gasteiger partial charge in [-0.25, -0.2) is 0 Å². The van der Waals surface area contributed by atoms with Crippen molar-refractivity contribution in [1.29, 1.82) is 0 Å². The summed E-state index contributed by atoms with van der Waals surface area (Å²) < 4.78 is 0. The molecule has 0 bridgehead atoms. The molecule has 3 aliphatic rings. The Morgan fingerprint density at radius 3 is 2.77 bits per heavy atom. The van der Waals surface area contributed by atoms with E-state index < -0.39 is 0 Å². The van der Waals surface area contributed by atoms with Crippen LogP contribution in [-0.2, 0) is 4.79 Å². The summed E-state index contributed by atoms with van der Waals surface area (Å²) in [4.78, 5) is 14.7. The summed E-state index contributed by atoms with van der Waals surface area (Å²) in [5.74, 6) is 3.21. The highest BCUT2D eigenvalue weighted by atomic mass is 35.5. The van der Waals surface area contributed by atoms with Gasteiger partial charge in [0.2, 0.25) is 5.91 Å². The number of hydrogen-bond acceptors (Lipinski definition) is 3. The molecule has 1 amide bonds. The molecule has 0 aromatic rings. The van der Waals surface area contributed by atoms with E-state index >= 15 is 0 Å². The molecular formula is C17H32ClN3O. The van der Waals surface area contributed by atoms with Crippen LogP contribution in [0.5, 0.6) is 0 Å². The molecule has 128 valence electrons. The number of piperidine rings is 1. The molecule has 0 aromatic carbocycles. The third-order valence-corrected chi connectivity index (χ3v) is 6.21. The van der Waals surface area contributed by atoms with Gasteiger partial charge in [0.25, 0.3) is 0 Å². The van der Waals surface area contributed by atoms with Gasteiger partial charge in [-0.1, -0.05) is 26.7 Å².